The zero-order valence-electron chi connectivity index (χ0n) is 10.2. The fourth-order valence-electron chi connectivity index (χ4n) is 1.86. The molecule has 0 heterocycles. The predicted octanol–water partition coefficient (Wildman–Crippen LogP) is 5.39. The van der Waals surface area contributed by atoms with Crippen molar-refractivity contribution in [1.29, 1.82) is 0 Å². The topological polar surface area (TPSA) is 0 Å². The molecule has 0 atom stereocenters. The van der Waals surface area contributed by atoms with E-state index in [2.05, 4.69) is 20.8 Å². The summed E-state index contributed by atoms with van der Waals surface area (Å²) in [5, 5.41) is 0. The highest BCUT2D eigenvalue weighted by Gasteiger charge is 2.21. The van der Waals surface area contributed by atoms with Gasteiger partial charge in [0.15, 0.2) is 0 Å². The fourth-order valence-corrected chi connectivity index (χ4v) is 2.13. The van der Waals surface area contributed by atoms with E-state index in [-0.39, 0.29) is 0 Å². The lowest BCUT2D eigenvalue weighted by molar-refractivity contribution is 0.290. The van der Waals surface area contributed by atoms with E-state index in [0.29, 0.717) is 5.41 Å². The molecule has 0 aliphatic rings. The van der Waals surface area contributed by atoms with Gasteiger partial charge in [-0.15, -0.1) is 11.6 Å². The van der Waals surface area contributed by atoms with Gasteiger partial charge in [-0.3, -0.25) is 0 Å². The molecule has 0 amide bonds. The van der Waals surface area contributed by atoms with Gasteiger partial charge in [0.2, 0.25) is 0 Å². The number of hydrogen-bond donors (Lipinski definition) is 0. The lowest BCUT2D eigenvalue weighted by Gasteiger charge is -2.27. The fraction of sp³-hybridized carbons (Fsp3) is 1.00. The Morgan fingerprint density at radius 1 is 0.857 bits per heavy atom. The van der Waals surface area contributed by atoms with E-state index in [1.54, 1.807) is 0 Å². The van der Waals surface area contributed by atoms with Crippen molar-refractivity contribution in [3.05, 3.63) is 0 Å². The molecule has 0 N–H and O–H groups in total. The van der Waals surface area contributed by atoms with E-state index in [1.165, 1.54) is 51.4 Å². The molecule has 0 aliphatic carbocycles. The van der Waals surface area contributed by atoms with Crippen LogP contribution >= 0.6 is 11.6 Å². The Morgan fingerprint density at radius 3 is 1.57 bits per heavy atom. The van der Waals surface area contributed by atoms with E-state index in [1.807, 2.05) is 0 Å². The number of hydrogen-bond acceptors (Lipinski definition) is 0. The van der Waals surface area contributed by atoms with Crippen molar-refractivity contribution in [3.8, 4) is 0 Å². The molecule has 0 fully saturated rings. The third-order valence-electron chi connectivity index (χ3n) is 3.09. The van der Waals surface area contributed by atoms with Crippen LogP contribution in [0.5, 0.6) is 0 Å². The summed E-state index contributed by atoms with van der Waals surface area (Å²) in [6, 6.07) is 0. The summed E-state index contributed by atoms with van der Waals surface area (Å²) in [6.45, 7) is 6.87. The molecule has 0 unspecified atom stereocenters. The molecule has 0 rings (SSSR count). The van der Waals surface area contributed by atoms with Crippen LogP contribution in [0, 0.1) is 5.41 Å². The summed E-state index contributed by atoms with van der Waals surface area (Å²) >= 11 is 6.07. The van der Waals surface area contributed by atoms with E-state index >= 15 is 0 Å². The van der Waals surface area contributed by atoms with Gasteiger partial charge < -0.3 is 0 Å². The van der Waals surface area contributed by atoms with E-state index in [0.717, 1.165) is 5.88 Å². The zero-order chi connectivity index (χ0) is 10.9. The predicted molar refractivity (Wildman–Crippen MR) is 67.1 cm³/mol. The quantitative estimate of drug-likeness (QED) is 0.360. The highest BCUT2D eigenvalue weighted by atomic mass is 35.5. The Labute approximate surface area is 95.4 Å². The third kappa shape index (κ3) is 6.70. The second kappa shape index (κ2) is 8.59. The summed E-state index contributed by atoms with van der Waals surface area (Å²) < 4.78 is 0. The van der Waals surface area contributed by atoms with Crippen molar-refractivity contribution in [2.24, 2.45) is 5.41 Å². The van der Waals surface area contributed by atoms with Gasteiger partial charge in [0.1, 0.15) is 0 Å². The first-order valence-corrected chi connectivity index (χ1v) is 6.78. The van der Waals surface area contributed by atoms with Crippen LogP contribution in [0.15, 0.2) is 0 Å². The molecule has 0 radical (unpaired) electrons. The molecule has 0 aromatic heterocycles. The van der Waals surface area contributed by atoms with Crippen LogP contribution in [-0.2, 0) is 0 Å². The van der Waals surface area contributed by atoms with Crippen molar-refractivity contribution in [1.82, 2.24) is 0 Å². The van der Waals surface area contributed by atoms with E-state index < -0.39 is 0 Å². The molecule has 0 nitrogen and oxygen atoms in total. The summed E-state index contributed by atoms with van der Waals surface area (Å²) in [4.78, 5) is 0. The second-order valence-electron chi connectivity index (χ2n) is 4.86. The van der Waals surface area contributed by atoms with Gasteiger partial charge in [0.05, 0.1) is 0 Å². The first-order valence-electron chi connectivity index (χ1n) is 6.24. The summed E-state index contributed by atoms with van der Waals surface area (Å²) in [6.07, 6.45) is 10.7. The lowest BCUT2D eigenvalue weighted by atomic mass is 9.82. The van der Waals surface area contributed by atoms with Gasteiger partial charge in [-0.2, -0.15) is 0 Å². The maximum absolute atomic E-state index is 6.07. The highest BCUT2D eigenvalue weighted by molar-refractivity contribution is 6.18. The Balaban J connectivity index is 3.67. The minimum Gasteiger partial charge on any atom is -0.126 e. The Hall–Kier alpha value is 0.290. The van der Waals surface area contributed by atoms with Gasteiger partial charge in [-0.25, -0.2) is 0 Å². The Kier molecular flexibility index (Phi) is 8.76. The van der Waals surface area contributed by atoms with Crippen molar-refractivity contribution in [2.75, 3.05) is 5.88 Å². The van der Waals surface area contributed by atoms with E-state index in [9.17, 15) is 0 Å². The highest BCUT2D eigenvalue weighted by Crippen LogP contribution is 2.32. The summed E-state index contributed by atoms with van der Waals surface area (Å²) in [7, 11) is 0. The van der Waals surface area contributed by atoms with Crippen molar-refractivity contribution in [3.63, 3.8) is 0 Å². The largest absolute Gasteiger partial charge is 0.126 e. The molecule has 0 aromatic carbocycles. The van der Waals surface area contributed by atoms with Gasteiger partial charge in [-0.1, -0.05) is 59.3 Å². The number of alkyl halides is 1. The molecule has 0 spiro atoms. The van der Waals surface area contributed by atoms with Crippen molar-refractivity contribution in [2.45, 2.75) is 72.1 Å². The summed E-state index contributed by atoms with van der Waals surface area (Å²) in [5.41, 5.74) is 0.409. The minimum atomic E-state index is 0.409. The summed E-state index contributed by atoms with van der Waals surface area (Å²) in [5.74, 6) is 0.834. The first-order chi connectivity index (χ1) is 6.68. The van der Waals surface area contributed by atoms with Crippen LogP contribution in [-0.4, -0.2) is 5.88 Å². The van der Waals surface area contributed by atoms with Gasteiger partial charge in [0.25, 0.3) is 0 Å². The molecule has 14 heavy (non-hydrogen) atoms. The second-order valence-corrected chi connectivity index (χ2v) is 5.13. The monoisotopic (exact) mass is 218 g/mol. The molecule has 1 heteroatoms. The Morgan fingerprint density at radius 2 is 1.29 bits per heavy atom. The average molecular weight is 219 g/mol. The van der Waals surface area contributed by atoms with Crippen LogP contribution < -0.4 is 0 Å². The molecule has 86 valence electrons. The normalized spacial score (nSPS) is 12.0. The van der Waals surface area contributed by atoms with E-state index in [4.69, 9.17) is 11.6 Å². The Bertz CT molecular complexity index is 110. The van der Waals surface area contributed by atoms with Crippen LogP contribution in [0.3, 0.4) is 0 Å². The van der Waals surface area contributed by atoms with Crippen molar-refractivity contribution >= 4 is 11.6 Å². The van der Waals surface area contributed by atoms with Gasteiger partial charge >= 0.3 is 0 Å². The molecule has 0 aliphatic heterocycles. The molecule has 0 saturated carbocycles. The maximum Gasteiger partial charge on any atom is 0.0277 e. The van der Waals surface area contributed by atoms with Crippen LogP contribution in [0.1, 0.15) is 72.1 Å². The maximum atomic E-state index is 6.07. The van der Waals surface area contributed by atoms with Crippen LogP contribution in [0.2, 0.25) is 0 Å². The van der Waals surface area contributed by atoms with Crippen molar-refractivity contribution < 1.29 is 0 Å². The molecular formula is C13H27Cl. The number of unbranched alkanes of at least 4 members (excludes halogenated alkanes) is 4. The number of halogens is 1. The molecule has 0 saturated heterocycles. The third-order valence-corrected chi connectivity index (χ3v) is 3.74. The lowest BCUT2D eigenvalue weighted by Crippen LogP contribution is -2.18. The molecule has 0 bridgehead atoms. The van der Waals surface area contributed by atoms with Crippen LogP contribution in [0.25, 0.3) is 0 Å². The average Bonchev–Trinajstić information content (AvgIpc) is 2.19. The van der Waals surface area contributed by atoms with Gasteiger partial charge in [-0.05, 0) is 18.3 Å². The van der Waals surface area contributed by atoms with Gasteiger partial charge in [0, 0.05) is 5.88 Å². The molecular weight excluding hydrogens is 192 g/mol. The molecule has 0 aromatic rings. The van der Waals surface area contributed by atoms with Crippen LogP contribution in [0.4, 0.5) is 0 Å². The first kappa shape index (κ1) is 14.3. The minimum absolute atomic E-state index is 0.409. The SMILES string of the molecule is CCCCCC(C)(CCl)CCCCC. The zero-order valence-corrected chi connectivity index (χ0v) is 11.0. The standard InChI is InChI=1S/C13H27Cl/c1-4-6-8-10-13(3,12-14)11-9-7-5-2/h4-12H2,1-3H3. The smallest absolute Gasteiger partial charge is 0.0277 e. The number of rotatable bonds is 9.